The monoisotopic (exact) mass is 311 g/mol. The molecule has 1 heterocycles. The van der Waals surface area contributed by atoms with E-state index in [9.17, 15) is 4.79 Å². The van der Waals surface area contributed by atoms with Crippen molar-refractivity contribution >= 4 is 11.7 Å². The highest BCUT2D eigenvalue weighted by Crippen LogP contribution is 2.11. The van der Waals surface area contributed by atoms with Crippen molar-refractivity contribution in [2.45, 2.75) is 27.2 Å². The Labute approximate surface area is 133 Å². The molecule has 0 N–H and O–H groups in total. The molecule has 6 nitrogen and oxygen atoms in total. The molecule has 1 fully saturated rings. The summed E-state index contributed by atoms with van der Waals surface area (Å²) in [7, 11) is 1.66. The molecule has 1 saturated heterocycles. The first-order valence-corrected chi connectivity index (χ1v) is 8.03. The van der Waals surface area contributed by atoms with Gasteiger partial charge >= 0.3 is 0 Å². The van der Waals surface area contributed by atoms with Gasteiger partial charge in [-0.25, -0.2) is 0 Å². The van der Waals surface area contributed by atoms with Gasteiger partial charge in [-0.1, -0.05) is 6.92 Å². The van der Waals surface area contributed by atoms with Crippen LogP contribution < -0.4 is 0 Å². The normalized spacial score (nSPS) is 16.9. The first-order valence-electron chi connectivity index (χ1n) is 8.03. The van der Waals surface area contributed by atoms with Gasteiger partial charge in [-0.3, -0.25) is 9.79 Å². The third-order valence-electron chi connectivity index (χ3n) is 3.57. The van der Waals surface area contributed by atoms with E-state index < -0.39 is 0 Å². The number of rotatable bonds is 7. The zero-order valence-electron chi connectivity index (χ0n) is 14.3. The number of ether oxygens (including phenoxy) is 2. The number of hydrogen-bond donors (Lipinski definition) is 0. The van der Waals surface area contributed by atoms with Crippen molar-refractivity contribution < 1.29 is 14.3 Å². The average Bonchev–Trinajstić information content (AvgIpc) is 2.57. The summed E-state index contributed by atoms with van der Waals surface area (Å²) in [4.78, 5) is 20.5. The van der Waals surface area contributed by atoms with Gasteiger partial charge in [0.1, 0.15) is 6.61 Å². The molecular weight excluding hydrogens is 282 g/mol. The SMILES string of the molecule is C/C=C(/OCCOC)C(=NCC)N1CCN(C(=O)CC)CC1. The maximum atomic E-state index is 11.8. The lowest BCUT2D eigenvalue weighted by molar-refractivity contribution is -0.132. The largest absolute Gasteiger partial charge is 0.488 e. The van der Waals surface area contributed by atoms with Crippen LogP contribution in [-0.4, -0.2) is 74.6 Å². The number of piperazine rings is 1. The summed E-state index contributed by atoms with van der Waals surface area (Å²) in [6, 6.07) is 0. The minimum atomic E-state index is 0.219. The second kappa shape index (κ2) is 10.2. The molecule has 0 aliphatic carbocycles. The second-order valence-electron chi connectivity index (χ2n) is 5.01. The van der Waals surface area contributed by atoms with Crippen LogP contribution >= 0.6 is 0 Å². The predicted octanol–water partition coefficient (Wildman–Crippen LogP) is 1.53. The van der Waals surface area contributed by atoms with Crippen LogP contribution in [0.15, 0.2) is 16.8 Å². The maximum absolute atomic E-state index is 11.8. The molecule has 1 aliphatic rings. The van der Waals surface area contributed by atoms with E-state index in [1.807, 2.05) is 31.7 Å². The van der Waals surface area contributed by atoms with Gasteiger partial charge < -0.3 is 19.3 Å². The van der Waals surface area contributed by atoms with Crippen LogP contribution in [0.2, 0.25) is 0 Å². The van der Waals surface area contributed by atoms with E-state index >= 15 is 0 Å². The molecule has 1 rings (SSSR count). The standard InChI is InChI=1S/C16H29N3O3/c1-5-14(22-13-12-21-4)16(17-7-3)19-10-8-18(9-11-19)15(20)6-2/h5H,6-13H2,1-4H3/b14-5+,17-16?. The third kappa shape index (κ3) is 5.33. The summed E-state index contributed by atoms with van der Waals surface area (Å²) in [5, 5.41) is 0. The van der Waals surface area contributed by atoms with Crippen LogP contribution in [0.5, 0.6) is 0 Å². The topological polar surface area (TPSA) is 54.4 Å². The Morgan fingerprint density at radius 2 is 1.77 bits per heavy atom. The Balaban J connectivity index is 2.68. The number of aliphatic imine (C=N–C) groups is 1. The molecule has 0 saturated carbocycles. The van der Waals surface area contributed by atoms with Crippen molar-refractivity contribution in [3.8, 4) is 0 Å². The smallest absolute Gasteiger partial charge is 0.222 e. The van der Waals surface area contributed by atoms with Crippen LogP contribution in [0.4, 0.5) is 0 Å². The number of carbonyl (C=O) groups excluding carboxylic acids is 1. The Hall–Kier alpha value is -1.56. The van der Waals surface area contributed by atoms with Crippen molar-refractivity contribution in [1.82, 2.24) is 9.80 Å². The summed E-state index contributed by atoms with van der Waals surface area (Å²) in [6.45, 7) is 10.7. The van der Waals surface area contributed by atoms with Crippen LogP contribution in [0.25, 0.3) is 0 Å². The molecule has 22 heavy (non-hydrogen) atoms. The van der Waals surface area contributed by atoms with Gasteiger partial charge in [0.15, 0.2) is 11.6 Å². The molecule has 0 bridgehead atoms. The molecule has 1 aliphatic heterocycles. The van der Waals surface area contributed by atoms with Gasteiger partial charge in [0.25, 0.3) is 0 Å². The Kier molecular flexibility index (Phi) is 8.58. The lowest BCUT2D eigenvalue weighted by atomic mass is 10.2. The Morgan fingerprint density at radius 3 is 2.27 bits per heavy atom. The van der Waals surface area contributed by atoms with E-state index in [2.05, 4.69) is 9.89 Å². The average molecular weight is 311 g/mol. The van der Waals surface area contributed by atoms with Gasteiger partial charge in [-0.15, -0.1) is 0 Å². The Morgan fingerprint density at radius 1 is 1.14 bits per heavy atom. The van der Waals surface area contributed by atoms with Crippen molar-refractivity contribution in [3.63, 3.8) is 0 Å². The number of amides is 1. The fraction of sp³-hybridized carbons (Fsp3) is 0.750. The summed E-state index contributed by atoms with van der Waals surface area (Å²) >= 11 is 0. The van der Waals surface area contributed by atoms with E-state index in [1.54, 1.807) is 7.11 Å². The van der Waals surface area contributed by atoms with Gasteiger partial charge in [0.2, 0.25) is 5.91 Å². The summed E-state index contributed by atoms with van der Waals surface area (Å²) < 4.78 is 10.8. The van der Waals surface area contributed by atoms with Gasteiger partial charge in [-0.05, 0) is 19.9 Å². The van der Waals surface area contributed by atoms with Crippen molar-refractivity contribution in [2.24, 2.45) is 4.99 Å². The molecule has 0 atom stereocenters. The zero-order valence-corrected chi connectivity index (χ0v) is 14.3. The first kappa shape index (κ1) is 18.5. The van der Waals surface area contributed by atoms with Crippen molar-refractivity contribution in [3.05, 3.63) is 11.8 Å². The fourth-order valence-corrected chi connectivity index (χ4v) is 2.39. The van der Waals surface area contributed by atoms with Crippen molar-refractivity contribution in [1.29, 1.82) is 0 Å². The van der Waals surface area contributed by atoms with E-state index in [4.69, 9.17) is 9.47 Å². The summed E-state index contributed by atoms with van der Waals surface area (Å²) in [5.41, 5.74) is 0. The lowest BCUT2D eigenvalue weighted by Crippen LogP contribution is -2.51. The minimum absolute atomic E-state index is 0.219. The van der Waals surface area contributed by atoms with E-state index in [0.717, 1.165) is 37.8 Å². The molecule has 0 aromatic heterocycles. The first-order chi connectivity index (χ1) is 10.7. The van der Waals surface area contributed by atoms with E-state index in [-0.39, 0.29) is 5.91 Å². The molecular formula is C16H29N3O3. The van der Waals surface area contributed by atoms with Crippen LogP contribution in [0.3, 0.4) is 0 Å². The Bertz CT molecular complexity index is 399. The fourth-order valence-electron chi connectivity index (χ4n) is 2.39. The number of nitrogens with zero attached hydrogens (tertiary/aromatic N) is 3. The minimum Gasteiger partial charge on any atom is -0.488 e. The number of methoxy groups -OCH3 is 1. The van der Waals surface area contributed by atoms with E-state index in [0.29, 0.717) is 26.2 Å². The highest BCUT2D eigenvalue weighted by atomic mass is 16.5. The van der Waals surface area contributed by atoms with Crippen LogP contribution in [-0.2, 0) is 14.3 Å². The predicted molar refractivity (Wildman–Crippen MR) is 88.0 cm³/mol. The molecule has 0 unspecified atom stereocenters. The zero-order chi connectivity index (χ0) is 16.4. The third-order valence-corrected chi connectivity index (χ3v) is 3.57. The van der Waals surface area contributed by atoms with Crippen LogP contribution in [0.1, 0.15) is 27.2 Å². The maximum Gasteiger partial charge on any atom is 0.222 e. The van der Waals surface area contributed by atoms with Gasteiger partial charge in [0.05, 0.1) is 6.61 Å². The highest BCUT2D eigenvalue weighted by molar-refractivity contribution is 5.96. The second-order valence-corrected chi connectivity index (χ2v) is 5.01. The molecule has 0 aromatic carbocycles. The van der Waals surface area contributed by atoms with Crippen LogP contribution in [0, 0.1) is 0 Å². The molecule has 126 valence electrons. The molecule has 6 heteroatoms. The highest BCUT2D eigenvalue weighted by Gasteiger charge is 2.24. The number of allylic oxidation sites excluding steroid dienone is 1. The van der Waals surface area contributed by atoms with Crippen molar-refractivity contribution in [2.75, 3.05) is 53.0 Å². The summed E-state index contributed by atoms with van der Waals surface area (Å²) in [5.74, 6) is 1.88. The molecule has 0 spiro atoms. The quantitative estimate of drug-likeness (QED) is 0.310. The molecule has 0 aromatic rings. The summed E-state index contributed by atoms with van der Waals surface area (Å²) in [6.07, 6.45) is 2.50. The number of amidine groups is 1. The van der Waals surface area contributed by atoms with Gasteiger partial charge in [-0.2, -0.15) is 0 Å². The lowest BCUT2D eigenvalue weighted by Gasteiger charge is -2.36. The molecule has 0 radical (unpaired) electrons. The van der Waals surface area contributed by atoms with Gasteiger partial charge in [0, 0.05) is 46.3 Å². The molecule has 1 amide bonds. The van der Waals surface area contributed by atoms with E-state index in [1.165, 1.54) is 0 Å². The number of hydrogen-bond acceptors (Lipinski definition) is 4. The number of carbonyl (C=O) groups is 1.